The van der Waals surface area contributed by atoms with Gasteiger partial charge < -0.3 is 19.9 Å². The number of hydrogen-bond acceptors (Lipinski definition) is 5. The van der Waals surface area contributed by atoms with Gasteiger partial charge >= 0.3 is 0 Å². The van der Waals surface area contributed by atoms with Gasteiger partial charge in [0.1, 0.15) is 5.82 Å². The first-order chi connectivity index (χ1) is 15.7. The Labute approximate surface area is 192 Å². The van der Waals surface area contributed by atoms with Crippen LogP contribution in [0.15, 0.2) is 53.7 Å². The zero-order chi connectivity index (χ0) is 22.2. The molecular formula is C25H36N6O. The van der Waals surface area contributed by atoms with Crippen LogP contribution in [0, 0.1) is 6.92 Å². The third-order valence-corrected chi connectivity index (χ3v) is 6.25. The molecule has 7 heteroatoms. The van der Waals surface area contributed by atoms with Crippen LogP contribution in [0.1, 0.15) is 24.1 Å². The van der Waals surface area contributed by atoms with Crippen molar-refractivity contribution in [2.45, 2.75) is 19.9 Å². The number of nitrogens with one attached hydrogen (secondary N) is 1. The Morgan fingerprint density at radius 1 is 1.03 bits per heavy atom. The number of pyridine rings is 1. The number of guanidine groups is 1. The Kier molecular flexibility index (Phi) is 7.96. The van der Waals surface area contributed by atoms with E-state index in [1.54, 1.807) is 0 Å². The molecule has 1 atom stereocenters. The molecule has 2 fully saturated rings. The fraction of sp³-hybridized carbons (Fsp3) is 0.520. The Hall–Kier alpha value is -2.64. The van der Waals surface area contributed by atoms with Gasteiger partial charge in [-0.2, -0.15) is 0 Å². The summed E-state index contributed by atoms with van der Waals surface area (Å²) in [6.45, 7) is 13.2. The number of aliphatic imine (C=N–C) groups is 1. The number of aryl methyl sites for hydroxylation is 1. The molecule has 1 aromatic heterocycles. The lowest BCUT2D eigenvalue weighted by Crippen LogP contribution is -2.53. The molecule has 0 amide bonds. The fourth-order valence-electron chi connectivity index (χ4n) is 4.40. The highest BCUT2D eigenvalue weighted by Gasteiger charge is 2.24. The van der Waals surface area contributed by atoms with Crippen molar-refractivity contribution in [3.05, 3.63) is 59.8 Å². The number of piperazine rings is 1. The van der Waals surface area contributed by atoms with Crippen LogP contribution >= 0.6 is 0 Å². The average Bonchev–Trinajstić information content (AvgIpc) is 2.86. The monoisotopic (exact) mass is 436 g/mol. The summed E-state index contributed by atoms with van der Waals surface area (Å²) in [6, 6.07) is 15.3. The second kappa shape index (κ2) is 11.3. The third kappa shape index (κ3) is 5.78. The van der Waals surface area contributed by atoms with Crippen LogP contribution < -0.4 is 10.2 Å². The smallest absolute Gasteiger partial charge is 0.194 e. The summed E-state index contributed by atoms with van der Waals surface area (Å²) in [7, 11) is 0. The number of morpholine rings is 1. The van der Waals surface area contributed by atoms with Crippen LogP contribution in [0.5, 0.6) is 0 Å². The molecule has 0 saturated carbocycles. The van der Waals surface area contributed by atoms with E-state index in [4.69, 9.17) is 9.73 Å². The molecule has 0 bridgehead atoms. The van der Waals surface area contributed by atoms with Crippen molar-refractivity contribution in [2.24, 2.45) is 4.99 Å². The van der Waals surface area contributed by atoms with Crippen molar-refractivity contribution < 1.29 is 4.74 Å². The number of rotatable bonds is 6. The summed E-state index contributed by atoms with van der Waals surface area (Å²) in [4.78, 5) is 16.9. The molecule has 2 aromatic rings. The normalized spacial score (nSPS) is 19.1. The summed E-state index contributed by atoms with van der Waals surface area (Å²) in [5.74, 6) is 2.07. The molecule has 2 aliphatic rings. The predicted molar refractivity (Wildman–Crippen MR) is 130 cm³/mol. The molecule has 2 saturated heterocycles. The number of ether oxygens (including phenoxy) is 1. The second-order valence-corrected chi connectivity index (χ2v) is 8.43. The van der Waals surface area contributed by atoms with Gasteiger partial charge in [0.05, 0.1) is 25.8 Å². The van der Waals surface area contributed by atoms with Crippen molar-refractivity contribution in [3.63, 3.8) is 0 Å². The lowest BCUT2D eigenvalue weighted by molar-refractivity contribution is 0.0179. The van der Waals surface area contributed by atoms with Crippen LogP contribution in [0.25, 0.3) is 0 Å². The van der Waals surface area contributed by atoms with Gasteiger partial charge in [-0.05, 0) is 31.5 Å². The minimum Gasteiger partial charge on any atom is -0.379 e. The van der Waals surface area contributed by atoms with Gasteiger partial charge in [0.25, 0.3) is 0 Å². The van der Waals surface area contributed by atoms with Gasteiger partial charge in [-0.25, -0.2) is 4.98 Å². The van der Waals surface area contributed by atoms with Crippen LogP contribution in [-0.2, 0) is 4.74 Å². The standard InChI is InChI=1S/C25H36N6O/c1-3-26-25(31-14-12-30(13-15-31)24-6-4-5-11-27-24)28-20-23(29-16-18-32-19-17-29)22-9-7-21(2)8-10-22/h4-11,23H,3,12-20H2,1-2H3,(H,26,28). The number of anilines is 1. The first kappa shape index (κ1) is 22.6. The van der Waals surface area contributed by atoms with Crippen molar-refractivity contribution in [1.82, 2.24) is 20.1 Å². The summed E-state index contributed by atoms with van der Waals surface area (Å²) in [6.07, 6.45) is 1.87. The second-order valence-electron chi connectivity index (χ2n) is 8.43. The SMILES string of the molecule is CCNC(=NCC(c1ccc(C)cc1)N1CCOCC1)N1CCN(c2ccccn2)CC1. The van der Waals surface area contributed by atoms with Crippen LogP contribution in [0.3, 0.4) is 0 Å². The lowest BCUT2D eigenvalue weighted by atomic mass is 10.0. The molecule has 7 nitrogen and oxygen atoms in total. The number of aromatic nitrogens is 1. The van der Waals surface area contributed by atoms with Crippen LogP contribution in [-0.4, -0.2) is 86.3 Å². The molecule has 0 radical (unpaired) electrons. The van der Waals surface area contributed by atoms with Gasteiger partial charge in [0.15, 0.2) is 5.96 Å². The van der Waals surface area contributed by atoms with Crippen molar-refractivity contribution in [2.75, 3.05) is 70.5 Å². The molecule has 4 rings (SSSR count). The molecule has 0 aliphatic carbocycles. The van der Waals surface area contributed by atoms with E-state index in [2.05, 4.69) is 75.2 Å². The van der Waals surface area contributed by atoms with Crippen molar-refractivity contribution in [1.29, 1.82) is 0 Å². The molecule has 3 heterocycles. The summed E-state index contributed by atoms with van der Waals surface area (Å²) < 4.78 is 5.60. The molecule has 0 spiro atoms. The zero-order valence-corrected chi connectivity index (χ0v) is 19.4. The topological polar surface area (TPSA) is 56.2 Å². The minimum atomic E-state index is 0.267. The van der Waals surface area contributed by atoms with E-state index in [0.29, 0.717) is 0 Å². The largest absolute Gasteiger partial charge is 0.379 e. The molecule has 172 valence electrons. The molecule has 2 aliphatic heterocycles. The highest BCUT2D eigenvalue weighted by atomic mass is 16.5. The van der Waals surface area contributed by atoms with Gasteiger partial charge in [0.2, 0.25) is 0 Å². The van der Waals surface area contributed by atoms with Gasteiger partial charge in [-0.1, -0.05) is 35.9 Å². The first-order valence-corrected chi connectivity index (χ1v) is 11.8. The van der Waals surface area contributed by atoms with E-state index >= 15 is 0 Å². The third-order valence-electron chi connectivity index (χ3n) is 6.25. The summed E-state index contributed by atoms with van der Waals surface area (Å²) >= 11 is 0. The zero-order valence-electron chi connectivity index (χ0n) is 19.4. The van der Waals surface area contributed by atoms with E-state index in [0.717, 1.165) is 77.3 Å². The molecule has 1 N–H and O–H groups in total. The van der Waals surface area contributed by atoms with E-state index in [-0.39, 0.29) is 6.04 Å². The maximum absolute atomic E-state index is 5.60. The van der Waals surface area contributed by atoms with Crippen LogP contribution in [0.2, 0.25) is 0 Å². The van der Waals surface area contributed by atoms with Gasteiger partial charge in [-0.3, -0.25) is 9.89 Å². The predicted octanol–water partition coefficient (Wildman–Crippen LogP) is 2.55. The molecule has 1 aromatic carbocycles. The van der Waals surface area contributed by atoms with E-state index in [1.165, 1.54) is 11.1 Å². The summed E-state index contributed by atoms with van der Waals surface area (Å²) in [5.41, 5.74) is 2.62. The Balaban J connectivity index is 1.46. The highest BCUT2D eigenvalue weighted by molar-refractivity contribution is 5.80. The molecule has 1 unspecified atom stereocenters. The number of hydrogen-bond donors (Lipinski definition) is 1. The van der Waals surface area contributed by atoms with Crippen molar-refractivity contribution >= 4 is 11.8 Å². The number of benzene rings is 1. The van der Waals surface area contributed by atoms with Crippen LogP contribution in [0.4, 0.5) is 5.82 Å². The van der Waals surface area contributed by atoms with E-state index < -0.39 is 0 Å². The van der Waals surface area contributed by atoms with E-state index in [9.17, 15) is 0 Å². The quantitative estimate of drug-likeness (QED) is 0.555. The minimum absolute atomic E-state index is 0.267. The maximum Gasteiger partial charge on any atom is 0.194 e. The van der Waals surface area contributed by atoms with Gasteiger partial charge in [-0.15, -0.1) is 0 Å². The number of nitrogens with zero attached hydrogens (tertiary/aromatic N) is 5. The lowest BCUT2D eigenvalue weighted by Gasteiger charge is -2.38. The van der Waals surface area contributed by atoms with Gasteiger partial charge in [0, 0.05) is 52.0 Å². The Morgan fingerprint density at radius 2 is 1.78 bits per heavy atom. The summed E-state index contributed by atoms with van der Waals surface area (Å²) in [5, 5.41) is 3.52. The molecule has 32 heavy (non-hydrogen) atoms. The Morgan fingerprint density at radius 3 is 2.44 bits per heavy atom. The highest BCUT2D eigenvalue weighted by Crippen LogP contribution is 2.23. The van der Waals surface area contributed by atoms with Crippen molar-refractivity contribution in [3.8, 4) is 0 Å². The van der Waals surface area contributed by atoms with E-state index in [1.807, 2.05) is 12.3 Å². The average molecular weight is 437 g/mol. The fourth-order valence-corrected chi connectivity index (χ4v) is 4.40. The maximum atomic E-state index is 5.60. The first-order valence-electron chi connectivity index (χ1n) is 11.8. The Bertz CT molecular complexity index is 842. The molecular weight excluding hydrogens is 400 g/mol.